The third-order valence-electron chi connectivity index (χ3n) is 4.18. The van der Waals surface area contributed by atoms with Crippen LogP contribution >= 0.6 is 46.3 Å². The lowest BCUT2D eigenvalue weighted by molar-refractivity contribution is -0.113. The zero-order valence-electron chi connectivity index (χ0n) is 17.2. The molecule has 2 N–H and O–H groups in total. The van der Waals surface area contributed by atoms with Crippen LogP contribution in [0.15, 0.2) is 23.4 Å². The Kier molecular flexibility index (Phi) is 7.94. The number of thiophene rings is 1. The number of hydrogen-bond acceptors (Lipinski definition) is 8. The number of H-pyrrole nitrogens is 1. The Bertz CT molecular complexity index is 1190. The molecule has 1 amide bonds. The van der Waals surface area contributed by atoms with Crippen LogP contribution in [0.5, 0.6) is 0 Å². The largest absolute Gasteiger partial charge is 0.462 e. The zero-order valence-corrected chi connectivity index (χ0v) is 20.4. The highest BCUT2D eigenvalue weighted by Crippen LogP contribution is 2.34. The summed E-state index contributed by atoms with van der Waals surface area (Å²) in [6.07, 6.45) is 0. The highest BCUT2D eigenvalue weighted by Gasteiger charge is 2.25. The summed E-state index contributed by atoms with van der Waals surface area (Å²) in [5.74, 6) is -0.732. The number of amides is 1. The van der Waals surface area contributed by atoms with Crippen molar-refractivity contribution in [1.29, 1.82) is 0 Å². The topological polar surface area (TPSA) is 114 Å². The third-order valence-corrected chi connectivity index (χ3v) is 6.89. The summed E-state index contributed by atoms with van der Waals surface area (Å²) in [5, 5.41) is 11.1. The number of rotatable bonds is 8. The van der Waals surface area contributed by atoms with E-state index < -0.39 is 5.97 Å². The van der Waals surface area contributed by atoms with Crippen LogP contribution in [-0.2, 0) is 9.53 Å². The number of anilines is 1. The Morgan fingerprint density at radius 3 is 2.69 bits per heavy atom. The van der Waals surface area contributed by atoms with Gasteiger partial charge in [-0.15, -0.1) is 16.4 Å². The van der Waals surface area contributed by atoms with Crippen molar-refractivity contribution in [2.24, 2.45) is 0 Å². The smallest absolute Gasteiger partial charge is 0.341 e. The van der Waals surface area contributed by atoms with Crippen LogP contribution in [0.3, 0.4) is 0 Å². The summed E-state index contributed by atoms with van der Waals surface area (Å²) in [6.45, 7) is 4.92. The Morgan fingerprint density at radius 1 is 1.28 bits per heavy atom. The SMILES string of the molecule is CCOC(=O)c1c(NC(=O)CSc2n[nH]c(-c3ccc(Cl)cc3Cl)n2)sc(C(C)=O)c1C. The maximum atomic E-state index is 12.5. The number of thioether (sulfide) groups is 1. The summed E-state index contributed by atoms with van der Waals surface area (Å²) in [7, 11) is 0. The lowest BCUT2D eigenvalue weighted by atomic mass is 10.1. The van der Waals surface area contributed by atoms with E-state index in [0.29, 0.717) is 37.0 Å². The average molecular weight is 513 g/mol. The van der Waals surface area contributed by atoms with E-state index in [4.69, 9.17) is 27.9 Å². The summed E-state index contributed by atoms with van der Waals surface area (Å²) >= 11 is 14.2. The summed E-state index contributed by atoms with van der Waals surface area (Å²) < 4.78 is 5.07. The van der Waals surface area contributed by atoms with Gasteiger partial charge >= 0.3 is 5.97 Å². The highest BCUT2D eigenvalue weighted by molar-refractivity contribution is 7.99. The molecular weight excluding hydrogens is 495 g/mol. The Balaban J connectivity index is 1.70. The molecule has 0 saturated carbocycles. The van der Waals surface area contributed by atoms with E-state index in [0.717, 1.165) is 23.1 Å². The fraction of sp³-hybridized carbons (Fsp3) is 0.250. The number of carbonyl (C=O) groups excluding carboxylic acids is 3. The summed E-state index contributed by atoms with van der Waals surface area (Å²) in [6, 6.07) is 5.00. The number of aromatic nitrogens is 3. The van der Waals surface area contributed by atoms with Crippen molar-refractivity contribution in [1.82, 2.24) is 15.2 Å². The minimum atomic E-state index is -0.588. The molecule has 0 unspecified atom stereocenters. The second-order valence-electron chi connectivity index (χ2n) is 6.46. The first-order valence-corrected chi connectivity index (χ1v) is 11.9. The molecule has 0 atom stereocenters. The number of ketones is 1. The number of carbonyl (C=O) groups is 3. The van der Waals surface area contributed by atoms with E-state index in [1.165, 1.54) is 6.92 Å². The van der Waals surface area contributed by atoms with Gasteiger partial charge in [-0.1, -0.05) is 35.0 Å². The molecule has 0 saturated heterocycles. The molecule has 3 aromatic rings. The standard InChI is InChI=1S/C20H18Cl2N4O4S2/c1-4-30-19(29)15-9(2)16(10(3)27)32-18(15)23-14(28)8-31-20-24-17(25-26-20)12-6-5-11(21)7-13(12)22/h5-7H,4,8H2,1-3H3,(H,23,28)(H,24,25,26). The monoisotopic (exact) mass is 512 g/mol. The van der Waals surface area contributed by atoms with Crippen LogP contribution in [0, 0.1) is 6.92 Å². The quantitative estimate of drug-likeness (QED) is 0.240. The van der Waals surface area contributed by atoms with E-state index >= 15 is 0 Å². The van der Waals surface area contributed by atoms with Crippen molar-refractivity contribution in [3.8, 4) is 11.4 Å². The molecule has 0 bridgehead atoms. The molecule has 12 heteroatoms. The van der Waals surface area contributed by atoms with Gasteiger partial charge in [0.15, 0.2) is 11.6 Å². The van der Waals surface area contributed by atoms with Gasteiger partial charge in [0.2, 0.25) is 11.1 Å². The minimum Gasteiger partial charge on any atom is -0.462 e. The van der Waals surface area contributed by atoms with Crippen molar-refractivity contribution >= 4 is 69.0 Å². The second-order valence-corrected chi connectivity index (χ2v) is 9.27. The van der Waals surface area contributed by atoms with Gasteiger partial charge < -0.3 is 10.1 Å². The Morgan fingerprint density at radius 2 is 2.03 bits per heavy atom. The number of halogens is 2. The summed E-state index contributed by atoms with van der Waals surface area (Å²) in [4.78, 5) is 41.5. The van der Waals surface area contributed by atoms with Crippen LogP contribution in [0.2, 0.25) is 10.0 Å². The predicted octanol–water partition coefficient (Wildman–Crippen LogP) is 5.26. The Labute approximate surface area is 202 Å². The van der Waals surface area contributed by atoms with Gasteiger partial charge in [-0.3, -0.25) is 14.7 Å². The van der Waals surface area contributed by atoms with Crippen LogP contribution in [0.1, 0.15) is 39.4 Å². The fourth-order valence-electron chi connectivity index (χ4n) is 2.79. The molecule has 8 nitrogen and oxygen atoms in total. The minimum absolute atomic E-state index is 0.0136. The van der Waals surface area contributed by atoms with Crippen molar-refractivity contribution in [3.05, 3.63) is 44.2 Å². The van der Waals surface area contributed by atoms with Crippen LogP contribution in [-0.4, -0.2) is 45.2 Å². The molecule has 2 aromatic heterocycles. The number of hydrogen-bond donors (Lipinski definition) is 2. The maximum Gasteiger partial charge on any atom is 0.341 e. The van der Waals surface area contributed by atoms with E-state index in [1.54, 1.807) is 32.0 Å². The zero-order chi connectivity index (χ0) is 23.4. The lowest BCUT2D eigenvalue weighted by Crippen LogP contribution is -2.16. The van der Waals surface area contributed by atoms with E-state index in [2.05, 4.69) is 20.5 Å². The number of nitrogens with one attached hydrogen (secondary N) is 2. The second kappa shape index (κ2) is 10.5. The van der Waals surface area contributed by atoms with Gasteiger partial charge in [0.05, 0.1) is 27.8 Å². The first kappa shape index (κ1) is 24.2. The molecule has 0 spiro atoms. The normalized spacial score (nSPS) is 10.8. The van der Waals surface area contributed by atoms with Crippen molar-refractivity contribution in [2.75, 3.05) is 17.7 Å². The fourth-order valence-corrected chi connectivity index (χ4v) is 4.99. The van der Waals surface area contributed by atoms with E-state index in [-0.39, 0.29) is 34.6 Å². The molecule has 1 aromatic carbocycles. The van der Waals surface area contributed by atoms with Gasteiger partial charge in [-0.05, 0) is 44.5 Å². The Hall–Kier alpha value is -2.40. The van der Waals surface area contributed by atoms with Crippen molar-refractivity contribution < 1.29 is 19.1 Å². The molecule has 0 aliphatic carbocycles. The first-order chi connectivity index (χ1) is 15.2. The van der Waals surface area contributed by atoms with Crippen molar-refractivity contribution in [2.45, 2.75) is 25.9 Å². The summed E-state index contributed by atoms with van der Waals surface area (Å²) in [5.41, 5.74) is 1.31. The van der Waals surface area contributed by atoms with Crippen LogP contribution in [0.4, 0.5) is 5.00 Å². The van der Waals surface area contributed by atoms with Gasteiger partial charge in [0, 0.05) is 10.6 Å². The number of aromatic amines is 1. The van der Waals surface area contributed by atoms with Crippen LogP contribution < -0.4 is 5.32 Å². The molecule has 0 aliphatic heterocycles. The lowest BCUT2D eigenvalue weighted by Gasteiger charge is -2.06. The van der Waals surface area contributed by atoms with Crippen LogP contribution in [0.25, 0.3) is 11.4 Å². The number of Topliss-reactive ketones (excluding diaryl/α,β-unsaturated/α-hetero) is 1. The number of nitrogens with zero attached hydrogens (tertiary/aromatic N) is 2. The molecule has 2 heterocycles. The van der Waals surface area contributed by atoms with E-state index in [1.807, 2.05) is 0 Å². The molecule has 0 radical (unpaired) electrons. The highest BCUT2D eigenvalue weighted by atomic mass is 35.5. The average Bonchev–Trinajstić information content (AvgIpc) is 3.31. The third kappa shape index (κ3) is 5.50. The predicted molar refractivity (Wildman–Crippen MR) is 126 cm³/mol. The van der Waals surface area contributed by atoms with Gasteiger partial charge in [-0.25, -0.2) is 9.78 Å². The van der Waals surface area contributed by atoms with Gasteiger partial charge in [0.1, 0.15) is 5.00 Å². The van der Waals surface area contributed by atoms with Gasteiger partial charge in [0.25, 0.3) is 0 Å². The number of ether oxygens (including phenoxy) is 1. The molecule has 0 aliphatic rings. The van der Waals surface area contributed by atoms with E-state index in [9.17, 15) is 14.4 Å². The molecular formula is C20H18Cl2N4O4S2. The molecule has 3 rings (SSSR count). The molecule has 0 fully saturated rings. The van der Waals surface area contributed by atoms with Gasteiger partial charge in [-0.2, -0.15) is 0 Å². The molecule has 168 valence electrons. The maximum absolute atomic E-state index is 12.5. The number of esters is 1. The first-order valence-electron chi connectivity index (χ1n) is 9.33. The number of benzene rings is 1. The van der Waals surface area contributed by atoms with Crippen molar-refractivity contribution in [3.63, 3.8) is 0 Å². The molecule has 32 heavy (non-hydrogen) atoms.